The summed E-state index contributed by atoms with van der Waals surface area (Å²) in [5.74, 6) is 0.917. The van der Waals surface area contributed by atoms with Crippen molar-refractivity contribution in [2.45, 2.75) is 25.8 Å². The molecule has 0 fully saturated rings. The summed E-state index contributed by atoms with van der Waals surface area (Å²) in [4.78, 5) is 0. The molecular weight excluding hydrogens is 314 g/mol. The van der Waals surface area contributed by atoms with Gasteiger partial charge in [-0.2, -0.15) is 0 Å². The third kappa shape index (κ3) is 4.36. The van der Waals surface area contributed by atoms with Crippen LogP contribution in [0.5, 0.6) is 5.75 Å². The second-order valence-electron chi connectivity index (χ2n) is 4.99. The van der Waals surface area contributed by atoms with Gasteiger partial charge in [-0.15, -0.1) is 0 Å². The van der Waals surface area contributed by atoms with Gasteiger partial charge in [0, 0.05) is 12.5 Å². The lowest BCUT2D eigenvalue weighted by Crippen LogP contribution is -2.18. The number of hydrogen-bond donors (Lipinski definition) is 1. The van der Waals surface area contributed by atoms with Crippen molar-refractivity contribution < 1.29 is 4.74 Å². The largest absolute Gasteiger partial charge is 0.492 e. The van der Waals surface area contributed by atoms with Crippen LogP contribution in [0.4, 0.5) is 0 Å². The fourth-order valence-corrected chi connectivity index (χ4v) is 2.66. The summed E-state index contributed by atoms with van der Waals surface area (Å²) in [7, 11) is 0. The van der Waals surface area contributed by atoms with Crippen LogP contribution < -0.4 is 10.5 Å². The van der Waals surface area contributed by atoms with Gasteiger partial charge in [0.2, 0.25) is 0 Å². The van der Waals surface area contributed by atoms with Crippen molar-refractivity contribution in [3.63, 3.8) is 0 Å². The van der Waals surface area contributed by atoms with Crippen molar-refractivity contribution in [2.24, 2.45) is 5.73 Å². The van der Waals surface area contributed by atoms with Gasteiger partial charge >= 0.3 is 0 Å². The molecular formula is C17H20BrNO. The van der Waals surface area contributed by atoms with Gasteiger partial charge in [0.1, 0.15) is 5.75 Å². The van der Waals surface area contributed by atoms with Crippen LogP contribution >= 0.6 is 15.9 Å². The molecule has 2 rings (SSSR count). The number of hydrogen-bond acceptors (Lipinski definition) is 2. The molecule has 0 saturated heterocycles. The summed E-state index contributed by atoms with van der Waals surface area (Å²) < 4.78 is 6.96. The first-order valence-electron chi connectivity index (χ1n) is 6.86. The third-order valence-electron chi connectivity index (χ3n) is 3.07. The zero-order chi connectivity index (χ0) is 14.4. The standard InChI is InChI=1S/C17H20BrNO/c1-13(19)12-15-8-5-9-16(18)17(15)20-11-10-14-6-3-2-4-7-14/h2-9,13H,10-12,19H2,1H3. The molecule has 0 heterocycles. The molecule has 0 amide bonds. The van der Waals surface area contributed by atoms with Gasteiger partial charge in [-0.05, 0) is 46.5 Å². The average molecular weight is 334 g/mol. The minimum atomic E-state index is 0.126. The molecule has 0 aromatic heterocycles. The van der Waals surface area contributed by atoms with Crippen LogP contribution in [0, 0.1) is 0 Å². The Kier molecular flexibility index (Phi) is 5.62. The molecule has 0 aliphatic heterocycles. The number of nitrogens with two attached hydrogens (primary N) is 1. The highest BCUT2D eigenvalue weighted by atomic mass is 79.9. The molecule has 0 saturated carbocycles. The molecule has 0 aliphatic rings. The summed E-state index contributed by atoms with van der Waals surface area (Å²) in [6.07, 6.45) is 1.72. The lowest BCUT2D eigenvalue weighted by atomic mass is 10.1. The SMILES string of the molecule is CC(N)Cc1cccc(Br)c1OCCc1ccccc1. The maximum absolute atomic E-state index is 5.97. The predicted octanol–water partition coefficient (Wildman–Crippen LogP) is 3.96. The van der Waals surface area contributed by atoms with E-state index in [2.05, 4.69) is 46.3 Å². The van der Waals surface area contributed by atoms with Gasteiger partial charge in [0.25, 0.3) is 0 Å². The van der Waals surface area contributed by atoms with Gasteiger partial charge in [-0.25, -0.2) is 0 Å². The van der Waals surface area contributed by atoms with Crippen LogP contribution in [-0.2, 0) is 12.8 Å². The second-order valence-corrected chi connectivity index (χ2v) is 5.85. The molecule has 0 spiro atoms. The minimum absolute atomic E-state index is 0.126. The van der Waals surface area contributed by atoms with Crippen LogP contribution in [-0.4, -0.2) is 12.6 Å². The number of rotatable bonds is 6. The molecule has 2 aromatic rings. The fraction of sp³-hybridized carbons (Fsp3) is 0.294. The third-order valence-corrected chi connectivity index (χ3v) is 3.69. The van der Waals surface area contributed by atoms with Gasteiger partial charge in [0.05, 0.1) is 11.1 Å². The van der Waals surface area contributed by atoms with Gasteiger partial charge < -0.3 is 10.5 Å². The Morgan fingerprint density at radius 1 is 1.10 bits per heavy atom. The monoisotopic (exact) mass is 333 g/mol. The maximum atomic E-state index is 5.97. The predicted molar refractivity (Wildman–Crippen MR) is 87.1 cm³/mol. The lowest BCUT2D eigenvalue weighted by Gasteiger charge is -2.14. The summed E-state index contributed by atoms with van der Waals surface area (Å²) in [5, 5.41) is 0. The average Bonchev–Trinajstić information content (AvgIpc) is 2.42. The van der Waals surface area contributed by atoms with Crippen molar-refractivity contribution in [2.75, 3.05) is 6.61 Å². The van der Waals surface area contributed by atoms with Crippen LogP contribution in [0.1, 0.15) is 18.1 Å². The van der Waals surface area contributed by atoms with E-state index in [1.54, 1.807) is 0 Å². The van der Waals surface area contributed by atoms with Gasteiger partial charge in [-0.1, -0.05) is 42.5 Å². The topological polar surface area (TPSA) is 35.2 Å². The van der Waals surface area contributed by atoms with Crippen molar-refractivity contribution in [3.05, 3.63) is 64.1 Å². The van der Waals surface area contributed by atoms with E-state index in [0.29, 0.717) is 6.61 Å². The molecule has 1 unspecified atom stereocenters. The molecule has 3 heteroatoms. The summed E-state index contributed by atoms with van der Waals surface area (Å²) in [6.45, 7) is 2.67. The summed E-state index contributed by atoms with van der Waals surface area (Å²) >= 11 is 3.56. The van der Waals surface area contributed by atoms with E-state index in [9.17, 15) is 0 Å². The molecule has 106 valence electrons. The molecule has 0 bridgehead atoms. The smallest absolute Gasteiger partial charge is 0.136 e. The van der Waals surface area contributed by atoms with Gasteiger partial charge in [0.15, 0.2) is 0 Å². The summed E-state index contributed by atoms with van der Waals surface area (Å²) in [6, 6.07) is 16.6. The van der Waals surface area contributed by atoms with Crippen molar-refractivity contribution in [3.8, 4) is 5.75 Å². The Morgan fingerprint density at radius 2 is 1.85 bits per heavy atom. The maximum Gasteiger partial charge on any atom is 0.136 e. The van der Waals surface area contributed by atoms with Crippen molar-refractivity contribution in [1.29, 1.82) is 0 Å². The highest BCUT2D eigenvalue weighted by molar-refractivity contribution is 9.10. The van der Waals surface area contributed by atoms with E-state index >= 15 is 0 Å². The summed E-state index contributed by atoms with van der Waals surface area (Å²) in [5.41, 5.74) is 8.33. The van der Waals surface area contributed by atoms with Crippen LogP contribution in [0.2, 0.25) is 0 Å². The van der Waals surface area contributed by atoms with Crippen LogP contribution in [0.15, 0.2) is 53.0 Å². The van der Waals surface area contributed by atoms with Gasteiger partial charge in [-0.3, -0.25) is 0 Å². The first-order valence-corrected chi connectivity index (χ1v) is 7.66. The fourth-order valence-electron chi connectivity index (χ4n) is 2.14. The number of benzene rings is 2. The molecule has 2 aromatic carbocycles. The number of ether oxygens (including phenoxy) is 1. The van der Waals surface area contributed by atoms with E-state index < -0.39 is 0 Å². The van der Waals surface area contributed by atoms with Crippen molar-refractivity contribution >= 4 is 15.9 Å². The molecule has 20 heavy (non-hydrogen) atoms. The van der Waals surface area contributed by atoms with E-state index in [4.69, 9.17) is 10.5 Å². The molecule has 2 N–H and O–H groups in total. The normalized spacial score (nSPS) is 12.2. The minimum Gasteiger partial charge on any atom is -0.492 e. The first kappa shape index (κ1) is 15.1. The number of halogens is 1. The van der Waals surface area contributed by atoms with E-state index in [1.807, 2.05) is 25.1 Å². The number of para-hydroxylation sites is 1. The Bertz CT molecular complexity index is 540. The highest BCUT2D eigenvalue weighted by Gasteiger charge is 2.09. The Balaban J connectivity index is 2.01. The Labute approximate surface area is 129 Å². The van der Waals surface area contributed by atoms with E-state index in [1.165, 1.54) is 5.56 Å². The quantitative estimate of drug-likeness (QED) is 0.868. The zero-order valence-corrected chi connectivity index (χ0v) is 13.3. The Hall–Kier alpha value is -1.32. The molecule has 1 atom stereocenters. The Morgan fingerprint density at radius 3 is 2.55 bits per heavy atom. The van der Waals surface area contributed by atoms with Crippen molar-refractivity contribution in [1.82, 2.24) is 0 Å². The lowest BCUT2D eigenvalue weighted by molar-refractivity contribution is 0.316. The first-order chi connectivity index (χ1) is 9.66. The zero-order valence-electron chi connectivity index (χ0n) is 11.7. The van der Waals surface area contributed by atoms with E-state index in [-0.39, 0.29) is 6.04 Å². The van der Waals surface area contributed by atoms with Crippen LogP contribution in [0.25, 0.3) is 0 Å². The molecule has 0 aliphatic carbocycles. The van der Waals surface area contributed by atoms with Crippen LogP contribution in [0.3, 0.4) is 0 Å². The molecule has 0 radical (unpaired) electrons. The molecule has 2 nitrogen and oxygen atoms in total. The van der Waals surface area contributed by atoms with E-state index in [0.717, 1.165) is 28.6 Å². The second kappa shape index (κ2) is 7.46. The highest BCUT2D eigenvalue weighted by Crippen LogP contribution is 2.30.